The number of hydrogen-bond acceptors (Lipinski definition) is 5. The number of nitrogens with zero attached hydrogens (tertiary/aromatic N) is 3. The van der Waals surface area contributed by atoms with Crippen LogP contribution in [0.2, 0.25) is 0 Å². The van der Waals surface area contributed by atoms with Crippen molar-refractivity contribution in [1.82, 2.24) is 9.88 Å². The molecule has 6 nitrogen and oxygen atoms in total. The number of pyridine rings is 1. The normalized spacial score (nSPS) is 17.6. The number of likely N-dealkylation sites (tertiary alicyclic amines) is 1. The third-order valence-corrected chi connectivity index (χ3v) is 4.33. The second-order valence-electron chi connectivity index (χ2n) is 7.58. The van der Waals surface area contributed by atoms with E-state index >= 15 is 0 Å². The van der Waals surface area contributed by atoms with Gasteiger partial charge in [0.25, 0.3) is 0 Å². The second kappa shape index (κ2) is 7.20. The summed E-state index contributed by atoms with van der Waals surface area (Å²) in [6, 6.07) is 9.84. The summed E-state index contributed by atoms with van der Waals surface area (Å²) in [4.78, 5) is 18.5. The van der Waals surface area contributed by atoms with Crippen LogP contribution in [-0.4, -0.2) is 40.7 Å². The monoisotopic (exact) mass is 352 g/mol. The number of carbonyl (C=O) groups is 1. The molecular weight excluding hydrogens is 328 g/mol. The maximum absolute atomic E-state index is 12.3. The van der Waals surface area contributed by atoms with Crippen LogP contribution < -0.4 is 5.32 Å². The highest BCUT2D eigenvalue weighted by Crippen LogP contribution is 2.26. The minimum atomic E-state index is -0.504. The molecule has 1 aromatic carbocycles. The molecular formula is C20H24N4O2. The largest absolute Gasteiger partial charge is 0.444 e. The van der Waals surface area contributed by atoms with Gasteiger partial charge < -0.3 is 15.0 Å². The number of benzene rings is 1. The molecule has 6 heteroatoms. The van der Waals surface area contributed by atoms with Gasteiger partial charge in [-0.05, 0) is 51.1 Å². The van der Waals surface area contributed by atoms with Crippen molar-refractivity contribution in [3.63, 3.8) is 0 Å². The third-order valence-electron chi connectivity index (χ3n) is 4.33. The molecule has 1 saturated heterocycles. The van der Waals surface area contributed by atoms with Crippen molar-refractivity contribution in [3.05, 3.63) is 36.0 Å². The van der Waals surface area contributed by atoms with Crippen LogP contribution in [0.25, 0.3) is 10.8 Å². The second-order valence-corrected chi connectivity index (χ2v) is 7.58. The molecule has 1 fully saturated rings. The van der Waals surface area contributed by atoms with E-state index in [1.165, 1.54) is 0 Å². The summed E-state index contributed by atoms with van der Waals surface area (Å²) < 4.78 is 5.48. The number of anilines is 1. The minimum Gasteiger partial charge on any atom is -0.444 e. The van der Waals surface area contributed by atoms with Crippen molar-refractivity contribution in [2.75, 3.05) is 18.4 Å². The lowest BCUT2D eigenvalue weighted by molar-refractivity contribution is 0.0206. The first kappa shape index (κ1) is 18.0. The lowest BCUT2D eigenvalue weighted by Gasteiger charge is -2.34. The number of piperidine rings is 1. The van der Waals surface area contributed by atoms with Gasteiger partial charge in [-0.1, -0.05) is 12.1 Å². The van der Waals surface area contributed by atoms with Crippen molar-refractivity contribution in [1.29, 1.82) is 5.26 Å². The number of rotatable bonds is 2. The van der Waals surface area contributed by atoms with Crippen molar-refractivity contribution < 1.29 is 9.53 Å². The molecule has 0 radical (unpaired) electrons. The van der Waals surface area contributed by atoms with E-state index in [-0.39, 0.29) is 12.1 Å². The Labute approximate surface area is 153 Å². The summed E-state index contributed by atoms with van der Waals surface area (Å²) in [7, 11) is 0. The minimum absolute atomic E-state index is 0.0705. The Morgan fingerprint density at radius 1 is 1.38 bits per heavy atom. The SMILES string of the molecule is CC(C)(C)OC(=O)N1CCC[C@@H](Nc2nccc3cccc(C#N)c23)C1. The van der Waals surface area contributed by atoms with E-state index < -0.39 is 5.60 Å². The zero-order valence-electron chi connectivity index (χ0n) is 15.5. The van der Waals surface area contributed by atoms with Crippen molar-refractivity contribution in [3.8, 4) is 6.07 Å². The maximum atomic E-state index is 12.3. The van der Waals surface area contributed by atoms with E-state index in [2.05, 4.69) is 16.4 Å². The molecule has 1 aromatic heterocycles. The Bertz CT molecular complexity index is 846. The van der Waals surface area contributed by atoms with Crippen LogP contribution in [0.1, 0.15) is 39.2 Å². The molecule has 1 amide bonds. The number of ether oxygens (including phenoxy) is 1. The van der Waals surface area contributed by atoms with E-state index in [9.17, 15) is 10.1 Å². The van der Waals surface area contributed by atoms with E-state index in [0.29, 0.717) is 24.5 Å². The molecule has 0 aliphatic carbocycles. The molecule has 1 atom stereocenters. The van der Waals surface area contributed by atoms with E-state index in [1.54, 1.807) is 17.2 Å². The van der Waals surface area contributed by atoms with Gasteiger partial charge in [0.2, 0.25) is 0 Å². The molecule has 0 saturated carbocycles. The van der Waals surface area contributed by atoms with Gasteiger partial charge in [0.15, 0.2) is 0 Å². The summed E-state index contributed by atoms with van der Waals surface area (Å²) in [5, 5.41) is 14.6. The highest BCUT2D eigenvalue weighted by Gasteiger charge is 2.28. The summed E-state index contributed by atoms with van der Waals surface area (Å²) >= 11 is 0. The molecule has 0 spiro atoms. The quantitative estimate of drug-likeness (QED) is 0.886. The zero-order valence-corrected chi connectivity index (χ0v) is 15.5. The molecule has 1 aliphatic rings. The summed E-state index contributed by atoms with van der Waals surface area (Å²) in [5.41, 5.74) is 0.0917. The molecule has 2 heterocycles. The smallest absolute Gasteiger partial charge is 0.410 e. The number of amides is 1. The highest BCUT2D eigenvalue weighted by molar-refractivity contribution is 5.96. The van der Waals surface area contributed by atoms with Crippen LogP contribution in [0, 0.1) is 11.3 Å². The van der Waals surface area contributed by atoms with Gasteiger partial charge in [-0.2, -0.15) is 5.26 Å². The Morgan fingerprint density at radius 3 is 2.92 bits per heavy atom. The average Bonchev–Trinajstić information content (AvgIpc) is 2.60. The van der Waals surface area contributed by atoms with E-state index in [0.717, 1.165) is 23.6 Å². The number of nitrogens with one attached hydrogen (secondary N) is 1. The molecule has 0 bridgehead atoms. The number of hydrogen-bond donors (Lipinski definition) is 1. The molecule has 3 rings (SSSR count). The molecule has 1 N–H and O–H groups in total. The molecule has 136 valence electrons. The lowest BCUT2D eigenvalue weighted by atomic mass is 10.0. The predicted octanol–water partition coefficient (Wildman–Crippen LogP) is 3.92. The van der Waals surface area contributed by atoms with Crippen molar-refractivity contribution in [2.45, 2.75) is 45.3 Å². The van der Waals surface area contributed by atoms with Gasteiger partial charge in [-0.3, -0.25) is 0 Å². The van der Waals surface area contributed by atoms with Crippen molar-refractivity contribution >= 4 is 22.7 Å². The Kier molecular flexibility index (Phi) is 4.99. The number of carbonyl (C=O) groups excluding carboxylic acids is 1. The fourth-order valence-corrected chi connectivity index (χ4v) is 3.21. The van der Waals surface area contributed by atoms with Crippen molar-refractivity contribution in [2.24, 2.45) is 0 Å². The summed E-state index contributed by atoms with van der Waals surface area (Å²) in [6.07, 6.45) is 3.28. The fourth-order valence-electron chi connectivity index (χ4n) is 3.21. The first-order chi connectivity index (χ1) is 12.4. The first-order valence-electron chi connectivity index (χ1n) is 8.90. The van der Waals surface area contributed by atoms with Gasteiger partial charge in [0, 0.05) is 30.7 Å². The van der Waals surface area contributed by atoms with Crippen LogP contribution in [-0.2, 0) is 4.74 Å². The molecule has 26 heavy (non-hydrogen) atoms. The predicted molar refractivity (Wildman–Crippen MR) is 101 cm³/mol. The maximum Gasteiger partial charge on any atom is 0.410 e. The van der Waals surface area contributed by atoms with Crippen LogP contribution >= 0.6 is 0 Å². The van der Waals surface area contributed by atoms with Gasteiger partial charge in [-0.15, -0.1) is 0 Å². The number of aromatic nitrogens is 1. The molecule has 1 aliphatic heterocycles. The Hall–Kier alpha value is -2.81. The standard InChI is InChI=1S/C20H24N4O2/c1-20(2,3)26-19(25)24-11-5-8-16(13-24)23-18-17-14(9-10-22-18)6-4-7-15(17)12-21/h4,6-7,9-10,16H,5,8,11,13H2,1-3H3,(H,22,23)/t16-/m1/s1. The van der Waals surface area contributed by atoms with E-state index in [4.69, 9.17) is 4.74 Å². The average molecular weight is 352 g/mol. The topological polar surface area (TPSA) is 78.2 Å². The fraction of sp³-hybridized carbons (Fsp3) is 0.450. The van der Waals surface area contributed by atoms with Crippen LogP contribution in [0.15, 0.2) is 30.5 Å². The van der Waals surface area contributed by atoms with E-state index in [1.807, 2.05) is 39.0 Å². The Balaban J connectivity index is 1.78. The highest BCUT2D eigenvalue weighted by atomic mass is 16.6. The first-order valence-corrected chi connectivity index (χ1v) is 8.90. The van der Waals surface area contributed by atoms with Gasteiger partial charge >= 0.3 is 6.09 Å². The van der Waals surface area contributed by atoms with Crippen LogP contribution in [0.5, 0.6) is 0 Å². The lowest BCUT2D eigenvalue weighted by Crippen LogP contribution is -2.47. The van der Waals surface area contributed by atoms with Crippen LogP contribution in [0.4, 0.5) is 10.6 Å². The van der Waals surface area contributed by atoms with Gasteiger partial charge in [0.1, 0.15) is 11.4 Å². The molecule has 2 aromatic rings. The zero-order chi connectivity index (χ0) is 18.7. The van der Waals surface area contributed by atoms with Gasteiger partial charge in [-0.25, -0.2) is 9.78 Å². The molecule has 0 unspecified atom stereocenters. The summed E-state index contributed by atoms with van der Waals surface area (Å²) in [6.45, 7) is 6.86. The van der Waals surface area contributed by atoms with Crippen LogP contribution in [0.3, 0.4) is 0 Å². The van der Waals surface area contributed by atoms with Gasteiger partial charge in [0.05, 0.1) is 11.6 Å². The number of nitriles is 1. The number of fused-ring (bicyclic) bond motifs is 1. The third kappa shape index (κ3) is 4.05. The Morgan fingerprint density at radius 2 is 2.19 bits per heavy atom. The summed E-state index contributed by atoms with van der Waals surface area (Å²) in [5.74, 6) is 0.690.